The van der Waals surface area contributed by atoms with Gasteiger partial charge in [0, 0.05) is 14.9 Å². The van der Waals surface area contributed by atoms with Crippen LogP contribution in [0.3, 0.4) is 0 Å². The number of hydrogen-bond donors (Lipinski definition) is 2. The predicted octanol–water partition coefficient (Wildman–Crippen LogP) is 5.49. The lowest BCUT2D eigenvalue weighted by Gasteiger charge is -2.08. The van der Waals surface area contributed by atoms with Gasteiger partial charge in [-0.3, -0.25) is 0 Å². The summed E-state index contributed by atoms with van der Waals surface area (Å²) in [6, 6.07) is 6.52. The molecule has 4 N–H and O–H groups in total. The monoisotopic (exact) mass is 462 g/mol. The SMILES string of the molecule is Cc1cc(C(F)(F)F)ccc1N.Nc1ccc(C(F)(F)F)cc1I. The average Bonchev–Trinajstić information content (AvgIpc) is 2.43. The molecule has 0 atom stereocenters. The van der Waals surface area contributed by atoms with E-state index in [1.807, 2.05) is 0 Å². The molecule has 0 aliphatic carbocycles. The first-order chi connectivity index (χ1) is 10.8. The Morgan fingerprint density at radius 2 is 1.17 bits per heavy atom. The van der Waals surface area contributed by atoms with Crippen molar-refractivity contribution in [1.29, 1.82) is 0 Å². The molecule has 24 heavy (non-hydrogen) atoms. The number of benzene rings is 2. The molecular weight excluding hydrogens is 449 g/mol. The summed E-state index contributed by atoms with van der Waals surface area (Å²) >= 11 is 1.76. The lowest BCUT2D eigenvalue weighted by Crippen LogP contribution is -2.05. The van der Waals surface area contributed by atoms with E-state index in [1.54, 1.807) is 29.5 Å². The largest absolute Gasteiger partial charge is 0.416 e. The van der Waals surface area contributed by atoms with Gasteiger partial charge < -0.3 is 11.5 Å². The van der Waals surface area contributed by atoms with Gasteiger partial charge in [0.05, 0.1) is 11.1 Å². The van der Waals surface area contributed by atoms with Crippen LogP contribution in [0.25, 0.3) is 0 Å². The summed E-state index contributed by atoms with van der Waals surface area (Å²) in [5.41, 5.74) is 10.6. The van der Waals surface area contributed by atoms with Crippen LogP contribution in [0.15, 0.2) is 36.4 Å². The van der Waals surface area contributed by atoms with E-state index in [0.717, 1.165) is 24.3 Å². The maximum atomic E-state index is 12.1. The van der Waals surface area contributed by atoms with Crippen molar-refractivity contribution >= 4 is 34.0 Å². The van der Waals surface area contributed by atoms with Gasteiger partial charge >= 0.3 is 12.4 Å². The summed E-state index contributed by atoms with van der Waals surface area (Å²) in [5, 5.41) is 0. The van der Waals surface area contributed by atoms with Gasteiger partial charge in [-0.2, -0.15) is 26.3 Å². The molecule has 2 rings (SSSR count). The van der Waals surface area contributed by atoms with E-state index < -0.39 is 23.5 Å². The first kappa shape index (κ1) is 20.4. The van der Waals surface area contributed by atoms with Crippen LogP contribution in [-0.2, 0) is 12.4 Å². The highest BCUT2D eigenvalue weighted by Crippen LogP contribution is 2.32. The molecule has 132 valence electrons. The van der Waals surface area contributed by atoms with Crippen LogP contribution in [0.2, 0.25) is 0 Å². The third-order valence-corrected chi connectivity index (χ3v) is 3.86. The Morgan fingerprint density at radius 1 is 0.750 bits per heavy atom. The normalized spacial score (nSPS) is 11.7. The maximum absolute atomic E-state index is 12.1. The number of rotatable bonds is 0. The maximum Gasteiger partial charge on any atom is 0.416 e. The van der Waals surface area contributed by atoms with E-state index >= 15 is 0 Å². The van der Waals surface area contributed by atoms with Gasteiger partial charge in [-0.05, 0) is 71.5 Å². The lowest BCUT2D eigenvalue weighted by molar-refractivity contribution is -0.138. The Morgan fingerprint density at radius 3 is 1.54 bits per heavy atom. The van der Waals surface area contributed by atoms with Crippen LogP contribution < -0.4 is 11.5 Å². The molecule has 2 aromatic rings. The molecule has 0 fully saturated rings. The fourth-order valence-corrected chi connectivity index (χ4v) is 2.07. The van der Waals surface area contributed by atoms with Crippen molar-refractivity contribution in [3.63, 3.8) is 0 Å². The standard InChI is InChI=1S/C8H8F3N.C7H5F3IN/c1-5-4-6(8(9,10)11)2-3-7(5)12;8-7(9,10)4-1-2-6(12)5(11)3-4/h2-4H,12H2,1H3;1-3H,12H2. The molecule has 0 amide bonds. The van der Waals surface area contributed by atoms with Crippen LogP contribution >= 0.6 is 22.6 Å². The van der Waals surface area contributed by atoms with E-state index in [-0.39, 0.29) is 0 Å². The molecule has 0 unspecified atom stereocenters. The topological polar surface area (TPSA) is 52.0 Å². The highest BCUT2D eigenvalue weighted by Gasteiger charge is 2.31. The van der Waals surface area contributed by atoms with E-state index in [9.17, 15) is 26.3 Å². The first-order valence-corrected chi connectivity index (χ1v) is 7.46. The molecule has 0 bridgehead atoms. The number of alkyl halides is 6. The second-order valence-corrected chi connectivity index (χ2v) is 5.97. The van der Waals surface area contributed by atoms with Crippen LogP contribution in [0.1, 0.15) is 16.7 Å². The van der Waals surface area contributed by atoms with Crippen molar-refractivity contribution in [1.82, 2.24) is 0 Å². The Labute approximate surface area is 148 Å². The summed E-state index contributed by atoms with van der Waals surface area (Å²) in [6.07, 6.45) is -8.56. The van der Waals surface area contributed by atoms with Crippen molar-refractivity contribution in [3.05, 3.63) is 56.7 Å². The van der Waals surface area contributed by atoms with E-state index in [4.69, 9.17) is 11.5 Å². The van der Waals surface area contributed by atoms with E-state index in [2.05, 4.69) is 0 Å². The molecular formula is C15H13F6IN2. The third kappa shape index (κ3) is 5.77. The minimum absolute atomic E-state index is 0.364. The van der Waals surface area contributed by atoms with Crippen molar-refractivity contribution < 1.29 is 26.3 Å². The molecule has 0 aliphatic rings. The quantitative estimate of drug-likeness (QED) is 0.309. The molecule has 0 aromatic heterocycles. The van der Waals surface area contributed by atoms with Crippen molar-refractivity contribution in [3.8, 4) is 0 Å². The third-order valence-electron chi connectivity index (χ3n) is 2.92. The number of nitrogen functional groups attached to an aromatic ring is 2. The second-order valence-electron chi connectivity index (χ2n) is 4.80. The zero-order chi connectivity index (χ0) is 18.7. The van der Waals surface area contributed by atoms with Crippen LogP contribution in [0.4, 0.5) is 37.7 Å². The Balaban J connectivity index is 0.000000240. The zero-order valence-electron chi connectivity index (χ0n) is 12.3. The first-order valence-electron chi connectivity index (χ1n) is 6.38. The zero-order valence-corrected chi connectivity index (χ0v) is 14.4. The van der Waals surface area contributed by atoms with Gasteiger partial charge in [-0.15, -0.1) is 0 Å². The van der Waals surface area contributed by atoms with Gasteiger partial charge in [0.15, 0.2) is 0 Å². The van der Waals surface area contributed by atoms with E-state index in [0.29, 0.717) is 20.5 Å². The van der Waals surface area contributed by atoms with Gasteiger partial charge in [-0.25, -0.2) is 0 Å². The van der Waals surface area contributed by atoms with E-state index in [1.165, 1.54) is 12.1 Å². The Bertz CT molecular complexity index is 649. The minimum atomic E-state index is -4.28. The summed E-state index contributed by atoms with van der Waals surface area (Å²) in [5.74, 6) is 0. The molecule has 9 heteroatoms. The van der Waals surface area contributed by atoms with Crippen molar-refractivity contribution in [2.24, 2.45) is 0 Å². The summed E-state index contributed by atoms with van der Waals surface area (Å²) in [4.78, 5) is 0. The average molecular weight is 462 g/mol. The summed E-state index contributed by atoms with van der Waals surface area (Å²) < 4.78 is 72.8. The smallest absolute Gasteiger partial charge is 0.399 e. The Hall–Kier alpha value is -1.65. The molecule has 0 heterocycles. The molecule has 0 saturated heterocycles. The molecule has 0 saturated carbocycles. The molecule has 0 spiro atoms. The minimum Gasteiger partial charge on any atom is -0.399 e. The van der Waals surface area contributed by atoms with Gasteiger partial charge in [0.1, 0.15) is 0 Å². The number of aryl methyl sites for hydroxylation is 1. The number of nitrogens with two attached hydrogens (primary N) is 2. The molecule has 2 aromatic carbocycles. The highest BCUT2D eigenvalue weighted by atomic mass is 127. The van der Waals surface area contributed by atoms with Crippen LogP contribution in [0, 0.1) is 10.5 Å². The number of anilines is 2. The van der Waals surface area contributed by atoms with Gasteiger partial charge in [-0.1, -0.05) is 0 Å². The molecule has 2 nitrogen and oxygen atoms in total. The number of halogens is 7. The number of hydrogen-bond acceptors (Lipinski definition) is 2. The predicted molar refractivity (Wildman–Crippen MR) is 89.2 cm³/mol. The van der Waals surface area contributed by atoms with Crippen LogP contribution in [0.5, 0.6) is 0 Å². The molecule has 0 aliphatic heterocycles. The molecule has 0 radical (unpaired) electrons. The lowest BCUT2D eigenvalue weighted by atomic mass is 10.1. The Kier molecular flexibility index (Phi) is 6.37. The summed E-state index contributed by atoms with van der Waals surface area (Å²) in [7, 11) is 0. The second kappa shape index (κ2) is 7.49. The van der Waals surface area contributed by atoms with Crippen molar-refractivity contribution in [2.45, 2.75) is 19.3 Å². The fraction of sp³-hybridized carbons (Fsp3) is 0.200. The van der Waals surface area contributed by atoms with Gasteiger partial charge in [0.2, 0.25) is 0 Å². The summed E-state index contributed by atoms with van der Waals surface area (Å²) in [6.45, 7) is 1.55. The highest BCUT2D eigenvalue weighted by molar-refractivity contribution is 14.1. The van der Waals surface area contributed by atoms with Gasteiger partial charge in [0.25, 0.3) is 0 Å². The fourth-order valence-electron chi connectivity index (χ4n) is 1.56. The van der Waals surface area contributed by atoms with Crippen LogP contribution in [-0.4, -0.2) is 0 Å². The van der Waals surface area contributed by atoms with Crippen molar-refractivity contribution in [2.75, 3.05) is 11.5 Å².